The summed E-state index contributed by atoms with van der Waals surface area (Å²) >= 11 is 1.55. The molecule has 0 saturated carbocycles. The number of ether oxygens (including phenoxy) is 1. The highest BCUT2D eigenvalue weighted by molar-refractivity contribution is 7.22. The number of thiazole rings is 1. The summed E-state index contributed by atoms with van der Waals surface area (Å²) in [5, 5.41) is 3.86. The first-order valence-corrected chi connectivity index (χ1v) is 6.48. The van der Waals surface area contributed by atoms with Gasteiger partial charge in [-0.3, -0.25) is 0 Å². The van der Waals surface area contributed by atoms with Crippen molar-refractivity contribution in [3.05, 3.63) is 36.0 Å². The first-order chi connectivity index (χ1) is 8.69. The van der Waals surface area contributed by atoms with E-state index in [0.29, 0.717) is 12.3 Å². The lowest BCUT2D eigenvalue weighted by Gasteiger charge is -2.01. The number of carbonyl (C=O) groups excluding carboxylic acids is 1. The van der Waals surface area contributed by atoms with Crippen LogP contribution in [0.3, 0.4) is 0 Å². The van der Waals surface area contributed by atoms with E-state index in [1.807, 2.05) is 31.2 Å². The summed E-state index contributed by atoms with van der Waals surface area (Å²) in [6.45, 7) is 3.97. The van der Waals surface area contributed by atoms with E-state index >= 15 is 0 Å². The van der Waals surface area contributed by atoms with E-state index in [9.17, 15) is 4.79 Å². The van der Waals surface area contributed by atoms with Crippen LogP contribution in [0.1, 0.15) is 13.8 Å². The highest BCUT2D eigenvalue weighted by Gasteiger charge is 2.04. The number of fused-ring (bicyclic) bond motifs is 1. The number of allylic oxidation sites excluding steroid dienone is 1. The Bertz CT molecular complexity index is 556. The van der Waals surface area contributed by atoms with Crippen molar-refractivity contribution >= 4 is 32.7 Å². The van der Waals surface area contributed by atoms with Gasteiger partial charge in [-0.1, -0.05) is 23.5 Å². The second kappa shape index (κ2) is 5.64. The molecule has 2 aromatic rings. The SMILES string of the molecule is CCOC(=O)C=C(C)Nc1nc2ccccc2s1. The molecule has 0 radical (unpaired) electrons. The minimum atomic E-state index is -0.344. The third kappa shape index (κ3) is 3.07. The van der Waals surface area contributed by atoms with Crippen LogP contribution in [0.15, 0.2) is 36.0 Å². The van der Waals surface area contributed by atoms with Gasteiger partial charge in [0.1, 0.15) is 0 Å². The molecule has 18 heavy (non-hydrogen) atoms. The van der Waals surface area contributed by atoms with Crippen LogP contribution in [0.4, 0.5) is 5.13 Å². The quantitative estimate of drug-likeness (QED) is 0.679. The zero-order chi connectivity index (χ0) is 13.0. The number of rotatable bonds is 4. The number of hydrogen-bond donors (Lipinski definition) is 1. The van der Waals surface area contributed by atoms with Gasteiger partial charge >= 0.3 is 5.97 Å². The smallest absolute Gasteiger partial charge is 0.332 e. The summed E-state index contributed by atoms with van der Waals surface area (Å²) < 4.78 is 5.95. The minimum Gasteiger partial charge on any atom is -0.463 e. The molecule has 1 heterocycles. The molecule has 0 atom stereocenters. The Kier molecular flexibility index (Phi) is 3.94. The summed E-state index contributed by atoms with van der Waals surface area (Å²) in [7, 11) is 0. The fourth-order valence-corrected chi connectivity index (χ4v) is 2.42. The summed E-state index contributed by atoms with van der Waals surface area (Å²) in [5.74, 6) is -0.344. The lowest BCUT2D eigenvalue weighted by Crippen LogP contribution is -2.04. The van der Waals surface area contributed by atoms with E-state index in [2.05, 4.69) is 10.3 Å². The average molecular weight is 262 g/mol. The van der Waals surface area contributed by atoms with Crippen LogP contribution in [0.25, 0.3) is 10.2 Å². The van der Waals surface area contributed by atoms with E-state index in [1.54, 1.807) is 18.3 Å². The average Bonchev–Trinajstić information content (AvgIpc) is 2.70. The molecule has 0 aliphatic rings. The van der Waals surface area contributed by atoms with Gasteiger partial charge in [0.05, 0.1) is 16.8 Å². The van der Waals surface area contributed by atoms with Crippen molar-refractivity contribution in [1.29, 1.82) is 0 Å². The predicted molar refractivity (Wildman–Crippen MR) is 73.6 cm³/mol. The van der Waals surface area contributed by atoms with Gasteiger partial charge in [0.15, 0.2) is 5.13 Å². The van der Waals surface area contributed by atoms with Crippen LogP contribution >= 0.6 is 11.3 Å². The molecular formula is C13H14N2O2S. The topological polar surface area (TPSA) is 51.2 Å². The van der Waals surface area contributed by atoms with Crippen molar-refractivity contribution < 1.29 is 9.53 Å². The van der Waals surface area contributed by atoms with Gasteiger partial charge in [0.2, 0.25) is 0 Å². The summed E-state index contributed by atoms with van der Waals surface area (Å²) in [4.78, 5) is 15.7. The van der Waals surface area contributed by atoms with Crippen molar-refractivity contribution in [1.82, 2.24) is 4.98 Å². The molecule has 0 aliphatic carbocycles. The summed E-state index contributed by atoms with van der Waals surface area (Å²) in [6.07, 6.45) is 1.43. The van der Waals surface area contributed by atoms with Gasteiger partial charge in [-0.25, -0.2) is 9.78 Å². The van der Waals surface area contributed by atoms with E-state index < -0.39 is 0 Å². The van der Waals surface area contributed by atoms with E-state index in [4.69, 9.17) is 4.74 Å². The number of carbonyl (C=O) groups is 1. The first kappa shape index (κ1) is 12.6. The van der Waals surface area contributed by atoms with Gasteiger partial charge in [-0.05, 0) is 26.0 Å². The number of hydrogen-bond acceptors (Lipinski definition) is 5. The van der Waals surface area contributed by atoms with Gasteiger partial charge in [0.25, 0.3) is 0 Å². The largest absolute Gasteiger partial charge is 0.463 e. The number of aromatic nitrogens is 1. The Labute approximate surface area is 109 Å². The Morgan fingerprint density at radius 1 is 1.50 bits per heavy atom. The van der Waals surface area contributed by atoms with Gasteiger partial charge < -0.3 is 10.1 Å². The number of para-hydroxylation sites is 1. The third-order valence-electron chi connectivity index (χ3n) is 2.22. The second-order valence-corrected chi connectivity index (χ2v) is 4.72. The van der Waals surface area contributed by atoms with Crippen molar-refractivity contribution in [3.63, 3.8) is 0 Å². The molecule has 5 heteroatoms. The molecule has 2 rings (SSSR count). The molecule has 0 amide bonds. The van der Waals surface area contributed by atoms with Crippen molar-refractivity contribution in [2.75, 3.05) is 11.9 Å². The monoisotopic (exact) mass is 262 g/mol. The molecule has 0 spiro atoms. The van der Waals surface area contributed by atoms with Crippen molar-refractivity contribution in [3.8, 4) is 0 Å². The molecule has 0 saturated heterocycles. The molecule has 1 aromatic heterocycles. The molecule has 0 fully saturated rings. The number of nitrogens with zero attached hydrogens (tertiary/aromatic N) is 1. The Morgan fingerprint density at radius 2 is 2.28 bits per heavy atom. The zero-order valence-corrected chi connectivity index (χ0v) is 11.1. The highest BCUT2D eigenvalue weighted by Crippen LogP contribution is 2.26. The maximum absolute atomic E-state index is 11.3. The Balaban J connectivity index is 2.11. The lowest BCUT2D eigenvalue weighted by atomic mass is 10.3. The number of nitrogens with one attached hydrogen (secondary N) is 1. The standard InChI is InChI=1S/C13H14N2O2S/c1-3-17-12(16)8-9(2)14-13-15-10-6-4-5-7-11(10)18-13/h4-8H,3H2,1-2H3,(H,14,15). The van der Waals surface area contributed by atoms with Crippen LogP contribution in [0.5, 0.6) is 0 Å². The lowest BCUT2D eigenvalue weighted by molar-refractivity contribution is -0.137. The van der Waals surface area contributed by atoms with E-state index in [1.165, 1.54) is 6.08 Å². The van der Waals surface area contributed by atoms with Crippen LogP contribution in [0, 0.1) is 0 Å². The first-order valence-electron chi connectivity index (χ1n) is 5.66. The van der Waals surface area contributed by atoms with Crippen LogP contribution in [-0.4, -0.2) is 17.6 Å². The Hall–Kier alpha value is -1.88. The summed E-state index contributed by atoms with van der Waals surface area (Å²) in [5.41, 5.74) is 1.67. The van der Waals surface area contributed by atoms with Crippen molar-refractivity contribution in [2.24, 2.45) is 0 Å². The van der Waals surface area contributed by atoms with E-state index in [0.717, 1.165) is 15.3 Å². The maximum atomic E-state index is 11.3. The van der Waals surface area contributed by atoms with Gasteiger partial charge in [-0.2, -0.15) is 0 Å². The number of anilines is 1. The number of esters is 1. The van der Waals surface area contributed by atoms with Crippen molar-refractivity contribution in [2.45, 2.75) is 13.8 Å². The molecule has 0 unspecified atom stereocenters. The molecule has 1 aromatic carbocycles. The fraction of sp³-hybridized carbons (Fsp3) is 0.231. The normalized spacial score (nSPS) is 11.6. The molecule has 94 valence electrons. The zero-order valence-electron chi connectivity index (χ0n) is 10.3. The third-order valence-corrected chi connectivity index (χ3v) is 3.17. The van der Waals surface area contributed by atoms with E-state index in [-0.39, 0.29) is 5.97 Å². The molecule has 0 aliphatic heterocycles. The fourth-order valence-electron chi connectivity index (χ4n) is 1.49. The maximum Gasteiger partial charge on any atom is 0.332 e. The highest BCUT2D eigenvalue weighted by atomic mass is 32.1. The summed E-state index contributed by atoms with van der Waals surface area (Å²) in [6, 6.07) is 7.91. The predicted octanol–water partition coefficient (Wildman–Crippen LogP) is 3.18. The minimum absolute atomic E-state index is 0.344. The van der Waals surface area contributed by atoms with Gasteiger partial charge in [0, 0.05) is 11.8 Å². The van der Waals surface area contributed by atoms with Crippen LogP contribution in [0.2, 0.25) is 0 Å². The van der Waals surface area contributed by atoms with Crippen LogP contribution in [-0.2, 0) is 9.53 Å². The second-order valence-electron chi connectivity index (χ2n) is 3.69. The molecule has 4 nitrogen and oxygen atoms in total. The molecule has 0 bridgehead atoms. The van der Waals surface area contributed by atoms with Crippen LogP contribution < -0.4 is 5.32 Å². The molecular weight excluding hydrogens is 248 g/mol. The molecule has 1 N–H and O–H groups in total. The number of benzene rings is 1. The van der Waals surface area contributed by atoms with Gasteiger partial charge in [-0.15, -0.1) is 0 Å². The Morgan fingerprint density at radius 3 is 3.00 bits per heavy atom.